The van der Waals surface area contributed by atoms with Gasteiger partial charge in [0.25, 0.3) is 0 Å². The number of hydrogen-bond acceptors (Lipinski definition) is 1. The van der Waals surface area contributed by atoms with E-state index < -0.39 is 0 Å². The summed E-state index contributed by atoms with van der Waals surface area (Å²) in [7, 11) is 0. The number of nitrogens with zero attached hydrogens (tertiary/aromatic N) is 1. The van der Waals surface area contributed by atoms with E-state index in [-0.39, 0.29) is 5.41 Å². The van der Waals surface area contributed by atoms with E-state index in [1.54, 1.807) is 22.3 Å². The number of rotatable bonds is 2. The first-order valence-electron chi connectivity index (χ1n) is 8.80. The first-order chi connectivity index (χ1) is 10.9. The predicted molar refractivity (Wildman–Crippen MR) is 90.4 cm³/mol. The van der Waals surface area contributed by atoms with Crippen LogP contribution in [0.15, 0.2) is 48.5 Å². The van der Waals surface area contributed by atoms with Crippen molar-refractivity contribution >= 4 is 0 Å². The molecule has 1 saturated heterocycles. The smallest absolute Gasteiger partial charge is 0.0344 e. The van der Waals surface area contributed by atoms with E-state index in [1.165, 1.54) is 45.3 Å². The first-order valence-corrected chi connectivity index (χ1v) is 8.80. The molecule has 112 valence electrons. The molecule has 5 rings (SSSR count). The maximum atomic E-state index is 2.73. The molecular weight excluding hydrogens is 266 g/mol. The Morgan fingerprint density at radius 1 is 0.818 bits per heavy atom. The van der Waals surface area contributed by atoms with E-state index in [0.29, 0.717) is 5.92 Å². The molecule has 2 aliphatic carbocycles. The molecule has 3 aliphatic rings. The standard InChI is InChI=1S/C21H23N/c1-6-12-22(13-7-1)15-21-14-18(16-8-2-4-10-19(16)21)17-9-3-5-11-20(17)21/h2-5,8-11,18H,1,6-7,12-15H2. The molecule has 2 bridgehead atoms. The first kappa shape index (κ1) is 12.9. The van der Waals surface area contributed by atoms with Crippen LogP contribution in [0.25, 0.3) is 0 Å². The van der Waals surface area contributed by atoms with Gasteiger partial charge in [-0.2, -0.15) is 0 Å². The highest BCUT2D eigenvalue weighted by molar-refractivity contribution is 5.62. The highest BCUT2D eigenvalue weighted by Crippen LogP contribution is 2.60. The van der Waals surface area contributed by atoms with Crippen LogP contribution in [0.3, 0.4) is 0 Å². The number of piperidine rings is 1. The summed E-state index contributed by atoms with van der Waals surface area (Å²) in [6.07, 6.45) is 5.47. The fourth-order valence-corrected chi connectivity index (χ4v) is 5.31. The van der Waals surface area contributed by atoms with Gasteiger partial charge in [0.1, 0.15) is 0 Å². The summed E-state index contributed by atoms with van der Waals surface area (Å²) in [5.74, 6) is 0.636. The Morgan fingerprint density at radius 2 is 1.41 bits per heavy atom. The lowest BCUT2D eigenvalue weighted by atomic mass is 9.74. The van der Waals surface area contributed by atoms with Crippen molar-refractivity contribution in [2.45, 2.75) is 37.0 Å². The second-order valence-corrected chi connectivity index (χ2v) is 7.35. The molecule has 2 aromatic carbocycles. The zero-order chi connectivity index (χ0) is 14.6. The second kappa shape index (κ2) is 4.70. The Bertz CT molecular complexity index is 664. The molecule has 2 aromatic rings. The molecular formula is C21H23N. The molecule has 1 fully saturated rings. The Labute approximate surface area is 133 Å². The van der Waals surface area contributed by atoms with Gasteiger partial charge in [-0.05, 0) is 54.6 Å². The van der Waals surface area contributed by atoms with Crippen LogP contribution in [0.4, 0.5) is 0 Å². The van der Waals surface area contributed by atoms with Crippen LogP contribution >= 0.6 is 0 Å². The van der Waals surface area contributed by atoms with Crippen LogP contribution < -0.4 is 0 Å². The quantitative estimate of drug-likeness (QED) is 0.796. The third-order valence-corrected chi connectivity index (χ3v) is 6.20. The van der Waals surface area contributed by atoms with Gasteiger partial charge in [-0.3, -0.25) is 0 Å². The van der Waals surface area contributed by atoms with E-state index in [0.717, 1.165) is 0 Å². The molecule has 0 atom stereocenters. The molecule has 0 unspecified atom stereocenters. The van der Waals surface area contributed by atoms with Crippen molar-refractivity contribution < 1.29 is 0 Å². The minimum absolute atomic E-state index is 0.259. The Balaban J connectivity index is 1.64. The molecule has 0 N–H and O–H groups in total. The monoisotopic (exact) mass is 289 g/mol. The van der Waals surface area contributed by atoms with Gasteiger partial charge in [0, 0.05) is 17.9 Å². The van der Waals surface area contributed by atoms with Gasteiger partial charge in [-0.1, -0.05) is 55.0 Å². The number of fused-ring (bicyclic) bond motifs is 8. The highest BCUT2D eigenvalue weighted by atomic mass is 15.1. The zero-order valence-corrected chi connectivity index (χ0v) is 13.1. The van der Waals surface area contributed by atoms with Crippen LogP contribution in [-0.2, 0) is 5.41 Å². The minimum atomic E-state index is 0.259. The minimum Gasteiger partial charge on any atom is -0.302 e. The van der Waals surface area contributed by atoms with Crippen LogP contribution in [-0.4, -0.2) is 24.5 Å². The summed E-state index contributed by atoms with van der Waals surface area (Å²) in [5, 5.41) is 0. The summed E-state index contributed by atoms with van der Waals surface area (Å²) in [4.78, 5) is 2.73. The molecule has 1 aliphatic heterocycles. The summed E-state index contributed by atoms with van der Waals surface area (Å²) < 4.78 is 0. The predicted octanol–water partition coefficient (Wildman–Crippen LogP) is 4.31. The maximum Gasteiger partial charge on any atom is 0.0344 e. The van der Waals surface area contributed by atoms with Gasteiger partial charge in [0.15, 0.2) is 0 Å². The van der Waals surface area contributed by atoms with Crippen molar-refractivity contribution in [2.24, 2.45) is 0 Å². The van der Waals surface area contributed by atoms with Crippen molar-refractivity contribution in [1.82, 2.24) is 4.90 Å². The van der Waals surface area contributed by atoms with Crippen molar-refractivity contribution in [3.05, 3.63) is 70.8 Å². The average Bonchev–Trinajstić information content (AvgIpc) is 3.08. The highest BCUT2D eigenvalue weighted by Gasteiger charge is 2.52. The molecule has 0 amide bonds. The van der Waals surface area contributed by atoms with Crippen LogP contribution in [0.5, 0.6) is 0 Å². The normalized spacial score (nSPS) is 29.4. The van der Waals surface area contributed by atoms with Gasteiger partial charge in [-0.25, -0.2) is 0 Å². The fraction of sp³-hybridized carbons (Fsp3) is 0.429. The fourth-order valence-electron chi connectivity index (χ4n) is 5.31. The van der Waals surface area contributed by atoms with Gasteiger partial charge in [0.05, 0.1) is 0 Å². The summed E-state index contributed by atoms with van der Waals surface area (Å²) in [5.41, 5.74) is 6.68. The van der Waals surface area contributed by atoms with Gasteiger partial charge in [-0.15, -0.1) is 0 Å². The van der Waals surface area contributed by atoms with E-state index in [2.05, 4.69) is 53.4 Å². The average molecular weight is 289 g/mol. The van der Waals surface area contributed by atoms with Gasteiger partial charge in [0.2, 0.25) is 0 Å². The number of likely N-dealkylation sites (tertiary alicyclic amines) is 1. The number of hydrogen-bond donors (Lipinski definition) is 0. The summed E-state index contributed by atoms with van der Waals surface area (Å²) >= 11 is 0. The lowest BCUT2D eigenvalue weighted by Crippen LogP contribution is -2.42. The maximum absolute atomic E-state index is 2.73. The van der Waals surface area contributed by atoms with E-state index in [4.69, 9.17) is 0 Å². The third-order valence-electron chi connectivity index (χ3n) is 6.20. The van der Waals surface area contributed by atoms with Crippen molar-refractivity contribution in [2.75, 3.05) is 19.6 Å². The zero-order valence-electron chi connectivity index (χ0n) is 13.1. The molecule has 0 radical (unpaired) electrons. The topological polar surface area (TPSA) is 3.24 Å². The van der Waals surface area contributed by atoms with E-state index in [1.807, 2.05) is 0 Å². The van der Waals surface area contributed by atoms with Crippen LogP contribution in [0.1, 0.15) is 53.9 Å². The van der Waals surface area contributed by atoms with E-state index >= 15 is 0 Å². The van der Waals surface area contributed by atoms with Crippen LogP contribution in [0, 0.1) is 0 Å². The molecule has 0 aromatic heterocycles. The lowest BCUT2D eigenvalue weighted by Gasteiger charge is -2.38. The van der Waals surface area contributed by atoms with Gasteiger partial charge < -0.3 is 4.90 Å². The van der Waals surface area contributed by atoms with Gasteiger partial charge >= 0.3 is 0 Å². The summed E-state index contributed by atoms with van der Waals surface area (Å²) in [6, 6.07) is 18.4. The second-order valence-electron chi connectivity index (χ2n) is 7.35. The SMILES string of the molecule is c1ccc2c(c1)C1CC2(CN2CCCCC2)c2ccccc21. The third kappa shape index (κ3) is 1.63. The van der Waals surface area contributed by atoms with Crippen molar-refractivity contribution in [1.29, 1.82) is 0 Å². The molecule has 0 saturated carbocycles. The summed E-state index contributed by atoms with van der Waals surface area (Å²) in [6.45, 7) is 3.80. The Kier molecular flexibility index (Phi) is 2.75. The lowest BCUT2D eigenvalue weighted by molar-refractivity contribution is 0.193. The molecule has 0 spiro atoms. The van der Waals surface area contributed by atoms with Crippen molar-refractivity contribution in [3.63, 3.8) is 0 Å². The molecule has 1 heterocycles. The van der Waals surface area contributed by atoms with E-state index in [9.17, 15) is 0 Å². The number of benzene rings is 2. The Hall–Kier alpha value is -1.60. The molecule has 1 heteroatoms. The van der Waals surface area contributed by atoms with Crippen LogP contribution in [0.2, 0.25) is 0 Å². The largest absolute Gasteiger partial charge is 0.302 e. The Morgan fingerprint density at radius 3 is 2.05 bits per heavy atom. The molecule has 22 heavy (non-hydrogen) atoms. The molecule has 1 nitrogen and oxygen atoms in total. The van der Waals surface area contributed by atoms with Crippen molar-refractivity contribution in [3.8, 4) is 0 Å².